The Balaban J connectivity index is 4.42. The van der Waals surface area contributed by atoms with Crippen LogP contribution in [0.3, 0.4) is 0 Å². The lowest BCUT2D eigenvalue weighted by Crippen LogP contribution is -2.45. The van der Waals surface area contributed by atoms with E-state index in [0.29, 0.717) is 0 Å². The summed E-state index contributed by atoms with van der Waals surface area (Å²) in [6, 6.07) is 0. The first kappa shape index (κ1) is 10.3. The summed E-state index contributed by atoms with van der Waals surface area (Å²) in [6.45, 7) is 3.90. The van der Waals surface area contributed by atoms with E-state index in [4.69, 9.17) is 5.11 Å². The maximum atomic E-state index is 10.2. The van der Waals surface area contributed by atoms with Gasteiger partial charge in [-0.2, -0.15) is 0 Å². The molecule has 5 nitrogen and oxygen atoms in total. The van der Waals surface area contributed by atoms with Crippen LogP contribution < -0.4 is 0 Å². The van der Waals surface area contributed by atoms with Crippen LogP contribution >= 0.6 is 0 Å². The number of aliphatic hydroxyl groups is 2. The number of nitro groups is 1. The fourth-order valence-corrected chi connectivity index (χ4v) is 0.623. The average Bonchev–Trinajstić information content (AvgIpc) is 1.85. The third kappa shape index (κ3) is 2.13. The second-order valence-corrected chi connectivity index (χ2v) is 2.88. The van der Waals surface area contributed by atoms with Gasteiger partial charge in [0, 0.05) is 6.92 Å². The summed E-state index contributed by atoms with van der Waals surface area (Å²) >= 11 is 0. The highest BCUT2D eigenvalue weighted by Crippen LogP contribution is 2.20. The second-order valence-electron chi connectivity index (χ2n) is 2.88. The van der Waals surface area contributed by atoms with Gasteiger partial charge in [-0.25, -0.2) is 0 Å². The van der Waals surface area contributed by atoms with Crippen LogP contribution in [0, 0.1) is 16.0 Å². The van der Waals surface area contributed by atoms with E-state index in [2.05, 4.69) is 0 Å². The number of rotatable bonds is 3. The first-order valence-electron chi connectivity index (χ1n) is 3.35. The Morgan fingerprint density at radius 2 is 1.91 bits per heavy atom. The molecule has 11 heavy (non-hydrogen) atoms. The minimum Gasteiger partial charge on any atom is -0.393 e. The van der Waals surface area contributed by atoms with Crippen molar-refractivity contribution in [1.82, 2.24) is 0 Å². The van der Waals surface area contributed by atoms with Crippen molar-refractivity contribution in [2.24, 2.45) is 5.92 Å². The average molecular weight is 163 g/mol. The van der Waals surface area contributed by atoms with E-state index in [1.54, 1.807) is 0 Å². The smallest absolute Gasteiger partial charge is 0.324 e. The molecule has 0 bridgehead atoms. The third-order valence-electron chi connectivity index (χ3n) is 1.96. The van der Waals surface area contributed by atoms with Gasteiger partial charge in [-0.15, -0.1) is 0 Å². The van der Waals surface area contributed by atoms with Gasteiger partial charge in [0.25, 0.3) is 0 Å². The molecular formula is C6H13NO4. The van der Waals surface area contributed by atoms with E-state index in [9.17, 15) is 15.2 Å². The second kappa shape index (κ2) is 3.15. The highest BCUT2D eigenvalue weighted by Gasteiger charge is 2.43. The van der Waals surface area contributed by atoms with Crippen molar-refractivity contribution in [2.75, 3.05) is 0 Å². The highest BCUT2D eigenvalue weighted by molar-refractivity contribution is 4.71. The minimum atomic E-state index is -2.05. The molecule has 0 aromatic heterocycles. The molecule has 0 rings (SSSR count). The summed E-state index contributed by atoms with van der Waals surface area (Å²) in [5, 5.41) is 28.3. The van der Waals surface area contributed by atoms with Crippen molar-refractivity contribution in [3.8, 4) is 0 Å². The summed E-state index contributed by atoms with van der Waals surface area (Å²) in [6.07, 6.45) is -0.893. The van der Waals surface area contributed by atoms with Gasteiger partial charge in [0.1, 0.15) is 0 Å². The molecule has 0 aliphatic carbocycles. The van der Waals surface area contributed by atoms with Crippen LogP contribution in [0.15, 0.2) is 0 Å². The van der Waals surface area contributed by atoms with Gasteiger partial charge >= 0.3 is 5.72 Å². The molecular weight excluding hydrogens is 150 g/mol. The van der Waals surface area contributed by atoms with Gasteiger partial charge in [-0.1, -0.05) is 6.92 Å². The Hall–Kier alpha value is -0.680. The predicted octanol–water partition coefficient (Wildman–Crippen LogP) is -0.0115. The lowest BCUT2D eigenvalue weighted by molar-refractivity contribution is -0.632. The van der Waals surface area contributed by atoms with E-state index >= 15 is 0 Å². The zero-order valence-corrected chi connectivity index (χ0v) is 6.81. The Kier molecular flexibility index (Phi) is 2.95. The van der Waals surface area contributed by atoms with Gasteiger partial charge in [0.2, 0.25) is 0 Å². The van der Waals surface area contributed by atoms with E-state index < -0.39 is 22.7 Å². The van der Waals surface area contributed by atoms with E-state index in [1.807, 2.05) is 0 Å². The SMILES string of the molecule is CC(O)C(C)C(C)(O)[N+](=O)[O-]. The molecule has 0 saturated heterocycles. The quantitative estimate of drug-likeness (QED) is 0.348. The van der Waals surface area contributed by atoms with E-state index in [1.165, 1.54) is 13.8 Å². The maximum absolute atomic E-state index is 10.2. The summed E-state index contributed by atoms with van der Waals surface area (Å²) < 4.78 is 0. The van der Waals surface area contributed by atoms with Crippen LogP contribution in [0.2, 0.25) is 0 Å². The number of hydrogen-bond donors (Lipinski definition) is 2. The van der Waals surface area contributed by atoms with Gasteiger partial charge in [-0.3, -0.25) is 10.1 Å². The van der Waals surface area contributed by atoms with Crippen LogP contribution in [0.1, 0.15) is 20.8 Å². The van der Waals surface area contributed by atoms with Crippen LogP contribution in [-0.2, 0) is 0 Å². The Labute approximate surface area is 64.8 Å². The molecule has 0 saturated carbocycles. The van der Waals surface area contributed by atoms with Crippen LogP contribution in [0.25, 0.3) is 0 Å². The highest BCUT2D eigenvalue weighted by atomic mass is 16.7. The number of hydrogen-bond acceptors (Lipinski definition) is 4. The summed E-state index contributed by atoms with van der Waals surface area (Å²) in [4.78, 5) is 9.41. The molecule has 0 radical (unpaired) electrons. The standard InChI is InChI=1S/C6H13NO4/c1-4(5(2)8)6(3,9)7(10)11/h4-5,8-9H,1-3H3. The first-order chi connectivity index (χ1) is 4.80. The lowest BCUT2D eigenvalue weighted by Gasteiger charge is -2.23. The number of aliphatic hydroxyl groups excluding tert-OH is 1. The Morgan fingerprint density at radius 1 is 1.55 bits per heavy atom. The fraction of sp³-hybridized carbons (Fsp3) is 1.00. The molecule has 0 heterocycles. The summed E-state index contributed by atoms with van der Waals surface area (Å²) in [5.41, 5.74) is -2.05. The van der Waals surface area contributed by atoms with E-state index in [0.717, 1.165) is 6.92 Å². The molecule has 0 aliphatic rings. The van der Waals surface area contributed by atoms with Gasteiger partial charge in [-0.05, 0) is 6.92 Å². The van der Waals surface area contributed by atoms with Crippen LogP contribution in [0.4, 0.5) is 0 Å². The minimum absolute atomic E-state index is 0.780. The fourth-order valence-electron chi connectivity index (χ4n) is 0.623. The molecule has 0 fully saturated rings. The largest absolute Gasteiger partial charge is 0.393 e. The predicted molar refractivity (Wildman–Crippen MR) is 38.5 cm³/mol. The summed E-state index contributed by atoms with van der Waals surface area (Å²) in [7, 11) is 0. The zero-order chi connectivity index (χ0) is 9.23. The van der Waals surface area contributed by atoms with Crippen molar-refractivity contribution in [3.05, 3.63) is 10.1 Å². The summed E-state index contributed by atoms with van der Waals surface area (Å²) in [5.74, 6) is -0.780. The molecule has 0 aromatic rings. The van der Waals surface area contributed by atoms with Crippen molar-refractivity contribution in [1.29, 1.82) is 0 Å². The van der Waals surface area contributed by atoms with Gasteiger partial charge < -0.3 is 10.2 Å². The topological polar surface area (TPSA) is 83.6 Å². The maximum Gasteiger partial charge on any atom is 0.324 e. The van der Waals surface area contributed by atoms with Gasteiger partial charge in [0.05, 0.1) is 16.9 Å². The molecule has 66 valence electrons. The molecule has 0 spiro atoms. The van der Waals surface area contributed by atoms with Crippen molar-refractivity contribution < 1.29 is 15.1 Å². The molecule has 5 heteroatoms. The molecule has 3 atom stereocenters. The molecule has 0 aromatic carbocycles. The lowest BCUT2D eigenvalue weighted by atomic mass is 9.95. The molecule has 0 aliphatic heterocycles. The first-order valence-corrected chi connectivity index (χ1v) is 3.35. The Bertz CT molecular complexity index is 155. The van der Waals surface area contributed by atoms with Crippen molar-refractivity contribution >= 4 is 0 Å². The monoisotopic (exact) mass is 163 g/mol. The Morgan fingerprint density at radius 3 is 2.00 bits per heavy atom. The van der Waals surface area contributed by atoms with Crippen LogP contribution in [0.5, 0.6) is 0 Å². The third-order valence-corrected chi connectivity index (χ3v) is 1.96. The van der Waals surface area contributed by atoms with Crippen molar-refractivity contribution in [2.45, 2.75) is 32.6 Å². The van der Waals surface area contributed by atoms with Gasteiger partial charge in [0.15, 0.2) is 0 Å². The molecule has 2 N–H and O–H groups in total. The molecule has 3 unspecified atom stereocenters. The van der Waals surface area contributed by atoms with E-state index in [-0.39, 0.29) is 0 Å². The van der Waals surface area contributed by atoms with Crippen LogP contribution in [-0.4, -0.2) is 27.0 Å². The molecule has 0 amide bonds. The van der Waals surface area contributed by atoms with Crippen molar-refractivity contribution in [3.63, 3.8) is 0 Å². The normalized spacial score (nSPS) is 21.9. The number of nitrogens with zero attached hydrogens (tertiary/aromatic N) is 1. The zero-order valence-electron chi connectivity index (χ0n) is 6.81.